The number of hydrogen-bond donors (Lipinski definition) is 1. The third-order valence-corrected chi connectivity index (χ3v) is 5.70. The molecular weight excluding hydrogens is 422 g/mol. The Labute approximate surface area is 167 Å². The molecule has 1 N–H and O–H groups in total. The topological polar surface area (TPSA) is 28.1 Å². The molecule has 1 aromatic heterocycles. The van der Waals surface area contributed by atoms with Gasteiger partial charge in [-0.25, -0.2) is 22.0 Å². The van der Waals surface area contributed by atoms with Crippen molar-refractivity contribution in [3.05, 3.63) is 72.9 Å². The van der Waals surface area contributed by atoms with Crippen LogP contribution in [-0.4, -0.2) is 10.7 Å². The molecule has 0 bridgehead atoms. The van der Waals surface area contributed by atoms with E-state index in [-0.39, 0.29) is 27.0 Å². The van der Waals surface area contributed by atoms with Crippen LogP contribution in [0.15, 0.2) is 21.3 Å². The number of rotatable bonds is 2. The van der Waals surface area contributed by atoms with E-state index in [9.17, 15) is 22.0 Å². The van der Waals surface area contributed by atoms with Crippen LogP contribution in [0.1, 0.15) is 36.4 Å². The van der Waals surface area contributed by atoms with E-state index >= 15 is 0 Å². The highest BCUT2D eigenvalue weighted by atomic mass is 35.5. The van der Waals surface area contributed by atoms with Crippen molar-refractivity contribution in [1.29, 1.82) is 0 Å². The zero-order valence-corrected chi connectivity index (χ0v) is 16.6. The standard InChI is InChI=1S/C19H13Cl2F5N2/c1-5-11(20)7(3)27-18(5)10(19-6(2)12(21)8(4)28-19)9-13(22)15(24)17(26)16(25)14(9)23/h27H,1-4H3/b19-10-. The summed E-state index contributed by atoms with van der Waals surface area (Å²) in [5, 5.41) is 0.492. The SMILES string of the molecule is CC1=N/C(=C(\c2[nH]c(C)c(Cl)c2C)c2c(F)c(F)c(F)c(F)c2F)C(C)=C1Cl. The molecular formula is C19H13Cl2F5N2. The molecule has 3 rings (SSSR count). The number of halogens is 7. The minimum atomic E-state index is -2.24. The predicted octanol–water partition coefficient (Wildman–Crippen LogP) is 6.73. The second kappa shape index (κ2) is 7.04. The van der Waals surface area contributed by atoms with Crippen molar-refractivity contribution >= 4 is 34.5 Å². The van der Waals surface area contributed by atoms with E-state index in [0.29, 0.717) is 22.5 Å². The van der Waals surface area contributed by atoms with E-state index in [4.69, 9.17) is 23.2 Å². The molecule has 0 fully saturated rings. The van der Waals surface area contributed by atoms with Crippen molar-refractivity contribution in [3.63, 3.8) is 0 Å². The van der Waals surface area contributed by atoms with Crippen molar-refractivity contribution < 1.29 is 22.0 Å². The Balaban J connectivity index is 2.54. The lowest BCUT2D eigenvalue weighted by molar-refractivity contribution is 0.376. The van der Waals surface area contributed by atoms with E-state index in [1.165, 1.54) is 6.92 Å². The third kappa shape index (κ3) is 2.88. The van der Waals surface area contributed by atoms with Gasteiger partial charge in [-0.05, 0) is 38.8 Å². The minimum Gasteiger partial charge on any atom is -0.357 e. The summed E-state index contributed by atoms with van der Waals surface area (Å²) < 4.78 is 70.7. The molecule has 0 saturated heterocycles. The van der Waals surface area contributed by atoms with E-state index in [2.05, 4.69) is 9.98 Å². The molecule has 0 radical (unpaired) electrons. The van der Waals surface area contributed by atoms with E-state index in [0.717, 1.165) is 0 Å². The smallest absolute Gasteiger partial charge is 0.200 e. The van der Waals surface area contributed by atoms with Gasteiger partial charge in [0.25, 0.3) is 0 Å². The van der Waals surface area contributed by atoms with E-state index in [1.807, 2.05) is 0 Å². The first-order chi connectivity index (χ1) is 13.0. The average molecular weight is 435 g/mol. The lowest BCUT2D eigenvalue weighted by Crippen LogP contribution is -2.09. The summed E-state index contributed by atoms with van der Waals surface area (Å²) >= 11 is 12.3. The maximum absolute atomic E-state index is 14.7. The average Bonchev–Trinajstić information content (AvgIpc) is 3.06. The fourth-order valence-corrected chi connectivity index (χ4v) is 3.36. The summed E-state index contributed by atoms with van der Waals surface area (Å²) in [5.41, 5.74) is 0.178. The molecule has 0 unspecified atom stereocenters. The number of nitrogens with zero attached hydrogens (tertiary/aromatic N) is 1. The maximum Gasteiger partial charge on any atom is 0.200 e. The fraction of sp³-hybridized carbons (Fsp3) is 0.211. The molecule has 0 amide bonds. The van der Waals surface area contributed by atoms with Crippen molar-refractivity contribution in [2.45, 2.75) is 27.7 Å². The molecule has 0 saturated carbocycles. The predicted molar refractivity (Wildman–Crippen MR) is 99.2 cm³/mol. The summed E-state index contributed by atoms with van der Waals surface area (Å²) in [6.45, 7) is 6.27. The number of hydrogen-bond acceptors (Lipinski definition) is 1. The van der Waals surface area contributed by atoms with Crippen LogP contribution in [0.3, 0.4) is 0 Å². The van der Waals surface area contributed by atoms with Crippen molar-refractivity contribution in [1.82, 2.24) is 4.98 Å². The Morgan fingerprint density at radius 2 is 1.32 bits per heavy atom. The fourth-order valence-electron chi connectivity index (χ4n) is 3.08. The second-order valence-corrected chi connectivity index (χ2v) is 7.12. The Kier molecular flexibility index (Phi) is 5.18. The van der Waals surface area contributed by atoms with Gasteiger partial charge in [-0.2, -0.15) is 0 Å². The van der Waals surface area contributed by atoms with E-state index in [1.54, 1.807) is 20.8 Å². The quantitative estimate of drug-likeness (QED) is 0.308. The van der Waals surface area contributed by atoms with Crippen LogP contribution >= 0.6 is 23.2 Å². The first-order valence-corrected chi connectivity index (χ1v) is 8.78. The molecule has 2 aromatic rings. The van der Waals surface area contributed by atoms with Crippen molar-refractivity contribution in [2.24, 2.45) is 4.99 Å². The summed E-state index contributed by atoms with van der Waals surface area (Å²) in [6, 6.07) is 0. The van der Waals surface area contributed by atoms with Gasteiger partial charge in [0, 0.05) is 11.3 Å². The molecule has 2 heterocycles. The number of benzene rings is 1. The zero-order valence-electron chi connectivity index (χ0n) is 15.1. The number of aliphatic imine (C=N–C) groups is 1. The Hall–Kier alpha value is -2.12. The Morgan fingerprint density at radius 1 is 0.821 bits per heavy atom. The highest BCUT2D eigenvalue weighted by molar-refractivity contribution is 6.45. The number of nitrogens with one attached hydrogen (secondary N) is 1. The summed E-state index contributed by atoms with van der Waals surface area (Å²) in [5.74, 6) is -10.3. The lowest BCUT2D eigenvalue weighted by atomic mass is 9.94. The van der Waals surface area contributed by atoms with Gasteiger partial charge in [-0.15, -0.1) is 0 Å². The molecule has 0 spiro atoms. The summed E-state index contributed by atoms with van der Waals surface area (Å²) in [7, 11) is 0. The van der Waals surface area contributed by atoms with Crippen molar-refractivity contribution in [3.8, 4) is 0 Å². The number of aromatic nitrogens is 1. The Morgan fingerprint density at radius 3 is 1.71 bits per heavy atom. The normalized spacial score (nSPS) is 16.2. The van der Waals surface area contributed by atoms with Crippen molar-refractivity contribution in [2.75, 3.05) is 0 Å². The van der Waals surface area contributed by atoms with Gasteiger partial charge in [-0.3, -0.25) is 4.99 Å². The van der Waals surface area contributed by atoms with Gasteiger partial charge in [-0.1, -0.05) is 23.2 Å². The van der Waals surface area contributed by atoms with Gasteiger partial charge in [0.15, 0.2) is 23.3 Å². The minimum absolute atomic E-state index is 0.00766. The van der Waals surface area contributed by atoms with Gasteiger partial charge in [0.05, 0.1) is 32.7 Å². The van der Waals surface area contributed by atoms with Gasteiger partial charge in [0.1, 0.15) is 0 Å². The zero-order chi connectivity index (χ0) is 21.1. The highest BCUT2D eigenvalue weighted by Crippen LogP contribution is 2.42. The number of allylic oxidation sites excluding steroid dienone is 2. The van der Waals surface area contributed by atoms with Crippen LogP contribution in [0.2, 0.25) is 5.02 Å². The van der Waals surface area contributed by atoms with Crippen LogP contribution in [0, 0.1) is 42.9 Å². The summed E-state index contributed by atoms with van der Waals surface area (Å²) in [6.07, 6.45) is 0. The molecule has 1 aliphatic heterocycles. The number of aryl methyl sites for hydroxylation is 1. The lowest BCUT2D eigenvalue weighted by Gasteiger charge is -2.15. The molecule has 1 aliphatic rings. The monoisotopic (exact) mass is 434 g/mol. The first-order valence-electron chi connectivity index (χ1n) is 8.02. The van der Waals surface area contributed by atoms with Gasteiger partial charge < -0.3 is 4.98 Å². The highest BCUT2D eigenvalue weighted by Gasteiger charge is 2.33. The molecule has 2 nitrogen and oxygen atoms in total. The molecule has 9 heteroatoms. The maximum atomic E-state index is 14.7. The van der Waals surface area contributed by atoms with Crippen LogP contribution in [-0.2, 0) is 0 Å². The molecule has 0 atom stereocenters. The van der Waals surface area contributed by atoms with Crippen LogP contribution in [0.25, 0.3) is 5.57 Å². The third-order valence-electron chi connectivity index (χ3n) is 4.57. The van der Waals surface area contributed by atoms with Crippen LogP contribution < -0.4 is 0 Å². The van der Waals surface area contributed by atoms with Crippen LogP contribution in [0.5, 0.6) is 0 Å². The van der Waals surface area contributed by atoms with Crippen LogP contribution in [0.4, 0.5) is 22.0 Å². The molecule has 0 aliphatic carbocycles. The van der Waals surface area contributed by atoms with Gasteiger partial charge >= 0.3 is 0 Å². The summed E-state index contributed by atoms with van der Waals surface area (Å²) in [4.78, 5) is 7.05. The van der Waals surface area contributed by atoms with E-state index < -0.39 is 34.6 Å². The second-order valence-electron chi connectivity index (χ2n) is 6.37. The molecule has 28 heavy (non-hydrogen) atoms. The first kappa shape index (κ1) is 20.6. The molecule has 1 aromatic carbocycles. The molecule has 148 valence electrons. The largest absolute Gasteiger partial charge is 0.357 e. The Bertz CT molecular complexity index is 1100. The van der Waals surface area contributed by atoms with Gasteiger partial charge in [0.2, 0.25) is 5.82 Å². The number of H-pyrrole nitrogens is 1. The number of aromatic amines is 1.